The van der Waals surface area contributed by atoms with Crippen LogP contribution in [-0.4, -0.2) is 55.1 Å². The van der Waals surface area contributed by atoms with E-state index < -0.39 is 0 Å². The lowest BCUT2D eigenvalue weighted by Gasteiger charge is -2.37. The summed E-state index contributed by atoms with van der Waals surface area (Å²) in [5.41, 5.74) is 5.94. The molecule has 0 aromatic carbocycles. The number of rotatable bonds is 3. The molecule has 2 fully saturated rings. The highest BCUT2D eigenvalue weighted by molar-refractivity contribution is 4.78. The molecule has 0 aromatic heterocycles. The molecule has 2 saturated heterocycles. The molecular weight excluding hydrogens is 210 g/mol. The molecule has 0 aliphatic carbocycles. The van der Waals surface area contributed by atoms with Gasteiger partial charge in [0, 0.05) is 32.2 Å². The minimum Gasteiger partial charge on any atom is -0.328 e. The maximum atomic E-state index is 5.94. The minimum atomic E-state index is 0.460. The summed E-state index contributed by atoms with van der Waals surface area (Å²) in [6.45, 7) is 12.3. The Morgan fingerprint density at radius 3 is 2.06 bits per heavy atom. The average molecular weight is 239 g/mol. The van der Waals surface area contributed by atoms with Crippen LogP contribution in [0, 0.1) is 11.8 Å². The predicted octanol–water partition coefficient (Wildman–Crippen LogP) is 1.39. The van der Waals surface area contributed by atoms with Gasteiger partial charge in [0.15, 0.2) is 0 Å². The molecule has 2 aliphatic heterocycles. The van der Waals surface area contributed by atoms with Crippen molar-refractivity contribution in [3.05, 3.63) is 0 Å². The summed E-state index contributed by atoms with van der Waals surface area (Å²) in [6.07, 6.45) is 3.79. The van der Waals surface area contributed by atoms with Crippen molar-refractivity contribution in [3.63, 3.8) is 0 Å². The zero-order chi connectivity index (χ0) is 12.3. The van der Waals surface area contributed by atoms with Crippen LogP contribution in [0.3, 0.4) is 0 Å². The van der Waals surface area contributed by atoms with E-state index in [0.29, 0.717) is 6.04 Å². The second-order valence-corrected chi connectivity index (χ2v) is 6.38. The zero-order valence-corrected chi connectivity index (χ0v) is 11.6. The van der Waals surface area contributed by atoms with E-state index in [0.717, 1.165) is 11.8 Å². The molecule has 2 N–H and O–H groups in total. The van der Waals surface area contributed by atoms with Gasteiger partial charge in [-0.2, -0.15) is 0 Å². The number of likely N-dealkylation sites (tertiary alicyclic amines) is 2. The second-order valence-electron chi connectivity index (χ2n) is 6.38. The Kier molecular flexibility index (Phi) is 4.83. The lowest BCUT2D eigenvalue weighted by atomic mass is 9.92. The third kappa shape index (κ3) is 4.23. The van der Waals surface area contributed by atoms with Gasteiger partial charge in [-0.25, -0.2) is 0 Å². The normalized spacial score (nSPS) is 34.1. The third-order valence-electron chi connectivity index (χ3n) is 4.31. The standard InChI is InChI=1S/C14H29N3/c1-12-9-13(2)11-17(10-12)8-7-16-5-3-14(15)4-6-16/h12-14H,3-11,15H2,1-2H3. The summed E-state index contributed by atoms with van der Waals surface area (Å²) < 4.78 is 0. The Labute approximate surface area is 106 Å². The van der Waals surface area contributed by atoms with Gasteiger partial charge in [-0.1, -0.05) is 13.8 Å². The zero-order valence-electron chi connectivity index (χ0n) is 11.6. The van der Waals surface area contributed by atoms with Gasteiger partial charge in [-0.3, -0.25) is 0 Å². The van der Waals surface area contributed by atoms with Crippen molar-refractivity contribution in [1.29, 1.82) is 0 Å². The van der Waals surface area contributed by atoms with E-state index >= 15 is 0 Å². The van der Waals surface area contributed by atoms with Gasteiger partial charge < -0.3 is 15.5 Å². The number of piperidine rings is 2. The molecule has 2 rings (SSSR count). The fraction of sp³-hybridized carbons (Fsp3) is 1.00. The van der Waals surface area contributed by atoms with Crippen LogP contribution in [-0.2, 0) is 0 Å². The van der Waals surface area contributed by atoms with Crippen molar-refractivity contribution in [2.24, 2.45) is 17.6 Å². The van der Waals surface area contributed by atoms with Gasteiger partial charge in [-0.05, 0) is 44.2 Å². The van der Waals surface area contributed by atoms with Crippen molar-refractivity contribution < 1.29 is 0 Å². The number of hydrogen-bond acceptors (Lipinski definition) is 3. The SMILES string of the molecule is CC1CC(C)CN(CCN2CCC(N)CC2)C1. The molecular formula is C14H29N3. The molecule has 3 nitrogen and oxygen atoms in total. The Morgan fingerprint density at radius 1 is 0.941 bits per heavy atom. The second kappa shape index (κ2) is 6.17. The molecule has 2 aliphatic rings. The molecule has 0 radical (unpaired) electrons. The van der Waals surface area contributed by atoms with Crippen LogP contribution in [0.15, 0.2) is 0 Å². The predicted molar refractivity (Wildman–Crippen MR) is 73.0 cm³/mol. The summed E-state index contributed by atoms with van der Waals surface area (Å²) in [5.74, 6) is 1.77. The highest BCUT2D eigenvalue weighted by atomic mass is 15.2. The average Bonchev–Trinajstić information content (AvgIpc) is 2.27. The maximum absolute atomic E-state index is 5.94. The number of nitrogens with zero attached hydrogens (tertiary/aromatic N) is 2. The third-order valence-corrected chi connectivity index (χ3v) is 4.31. The molecule has 17 heavy (non-hydrogen) atoms. The van der Waals surface area contributed by atoms with Crippen LogP contribution < -0.4 is 5.73 Å². The first kappa shape index (κ1) is 13.3. The Morgan fingerprint density at radius 2 is 1.47 bits per heavy atom. The van der Waals surface area contributed by atoms with Gasteiger partial charge in [-0.15, -0.1) is 0 Å². The molecule has 0 aromatic rings. The van der Waals surface area contributed by atoms with E-state index in [9.17, 15) is 0 Å². The summed E-state index contributed by atoms with van der Waals surface area (Å²) in [5, 5.41) is 0. The largest absolute Gasteiger partial charge is 0.328 e. The first-order valence-corrected chi connectivity index (χ1v) is 7.33. The van der Waals surface area contributed by atoms with E-state index in [1.54, 1.807) is 0 Å². The van der Waals surface area contributed by atoms with Crippen LogP contribution in [0.4, 0.5) is 0 Å². The van der Waals surface area contributed by atoms with Gasteiger partial charge in [0.25, 0.3) is 0 Å². The van der Waals surface area contributed by atoms with Crippen LogP contribution >= 0.6 is 0 Å². The maximum Gasteiger partial charge on any atom is 0.0110 e. The van der Waals surface area contributed by atoms with Crippen molar-refractivity contribution in [3.8, 4) is 0 Å². The molecule has 2 unspecified atom stereocenters. The summed E-state index contributed by atoms with van der Waals surface area (Å²) in [7, 11) is 0. The van der Waals surface area contributed by atoms with Crippen LogP contribution in [0.25, 0.3) is 0 Å². The van der Waals surface area contributed by atoms with Crippen molar-refractivity contribution in [2.75, 3.05) is 39.3 Å². The molecule has 0 amide bonds. The van der Waals surface area contributed by atoms with Crippen LogP contribution in [0.1, 0.15) is 33.1 Å². The first-order chi connectivity index (χ1) is 8.13. The van der Waals surface area contributed by atoms with Gasteiger partial charge in [0.1, 0.15) is 0 Å². The smallest absolute Gasteiger partial charge is 0.0110 e. The summed E-state index contributed by atoms with van der Waals surface area (Å²) in [6, 6.07) is 0.460. The molecule has 3 heteroatoms. The summed E-state index contributed by atoms with van der Waals surface area (Å²) in [4.78, 5) is 5.25. The van der Waals surface area contributed by atoms with E-state index in [-0.39, 0.29) is 0 Å². The highest BCUT2D eigenvalue weighted by Crippen LogP contribution is 2.20. The fourth-order valence-electron chi connectivity index (χ4n) is 3.43. The number of hydrogen-bond donors (Lipinski definition) is 1. The molecule has 0 spiro atoms. The Bertz CT molecular complexity index is 214. The monoisotopic (exact) mass is 239 g/mol. The van der Waals surface area contributed by atoms with E-state index in [2.05, 4.69) is 23.6 Å². The van der Waals surface area contributed by atoms with E-state index in [1.165, 1.54) is 58.5 Å². The van der Waals surface area contributed by atoms with Crippen LogP contribution in [0.5, 0.6) is 0 Å². The Hall–Kier alpha value is -0.120. The molecule has 0 bridgehead atoms. The van der Waals surface area contributed by atoms with Gasteiger partial charge in [0.2, 0.25) is 0 Å². The summed E-state index contributed by atoms with van der Waals surface area (Å²) >= 11 is 0. The molecule has 2 heterocycles. The Balaban J connectivity index is 1.67. The van der Waals surface area contributed by atoms with Gasteiger partial charge in [0.05, 0.1) is 0 Å². The van der Waals surface area contributed by atoms with Crippen molar-refractivity contribution in [1.82, 2.24) is 9.80 Å². The molecule has 100 valence electrons. The lowest BCUT2D eigenvalue weighted by Crippen LogP contribution is -2.46. The fourth-order valence-corrected chi connectivity index (χ4v) is 3.43. The van der Waals surface area contributed by atoms with E-state index in [4.69, 9.17) is 5.73 Å². The quantitative estimate of drug-likeness (QED) is 0.808. The van der Waals surface area contributed by atoms with Crippen molar-refractivity contribution in [2.45, 2.75) is 39.2 Å². The first-order valence-electron chi connectivity index (χ1n) is 7.33. The van der Waals surface area contributed by atoms with Crippen molar-refractivity contribution >= 4 is 0 Å². The highest BCUT2D eigenvalue weighted by Gasteiger charge is 2.22. The van der Waals surface area contributed by atoms with Crippen LogP contribution in [0.2, 0.25) is 0 Å². The minimum absolute atomic E-state index is 0.460. The number of nitrogens with two attached hydrogens (primary N) is 1. The molecule has 2 atom stereocenters. The molecule has 0 saturated carbocycles. The topological polar surface area (TPSA) is 32.5 Å². The van der Waals surface area contributed by atoms with E-state index in [1.807, 2.05) is 0 Å². The lowest BCUT2D eigenvalue weighted by molar-refractivity contribution is 0.114. The van der Waals surface area contributed by atoms with Gasteiger partial charge >= 0.3 is 0 Å².